The Morgan fingerprint density at radius 2 is 1.08 bits per heavy atom. The molecule has 5 rings (SSSR count). The number of Topliss-reactive ketones (excluding diaryl/α,β-unsaturated/α-hetero) is 1. The van der Waals surface area contributed by atoms with Gasteiger partial charge >= 0.3 is 0 Å². The van der Waals surface area contributed by atoms with Gasteiger partial charge in [-0.05, 0) is 25.0 Å². The minimum Gasteiger partial charge on any atom is -0.368 e. The number of fused-ring (bicyclic) bond motifs is 2. The van der Waals surface area contributed by atoms with Gasteiger partial charge in [0.2, 0.25) is 11.6 Å². The van der Waals surface area contributed by atoms with Gasteiger partial charge in [0.25, 0.3) is 0 Å². The fourth-order valence-electron chi connectivity index (χ4n) is 5.30. The number of methoxy groups -OCH3 is 2. The molecule has 1 saturated carbocycles. The zero-order chi connectivity index (χ0) is 26.8. The maximum absolute atomic E-state index is 12.4. The molecule has 8 atom stereocenters. The highest BCUT2D eigenvalue weighted by atomic mass is 16.8. The van der Waals surface area contributed by atoms with Crippen LogP contribution in [0.2, 0.25) is 0 Å². The molecule has 2 aliphatic heterocycles. The number of carbonyl (C=O) groups is 1. The maximum atomic E-state index is 12.4. The molecule has 206 valence electrons. The average molecular weight is 529 g/mol. The smallest absolute Gasteiger partial charge is 0.220 e. The first-order valence-corrected chi connectivity index (χ1v) is 12.9. The molecule has 0 spiro atoms. The third-order valence-corrected chi connectivity index (χ3v) is 7.71. The lowest BCUT2D eigenvalue weighted by molar-refractivity contribution is -0.473. The van der Waals surface area contributed by atoms with E-state index in [1.165, 1.54) is 0 Å². The van der Waals surface area contributed by atoms with Gasteiger partial charge in [-0.15, -0.1) is 0 Å². The van der Waals surface area contributed by atoms with E-state index in [9.17, 15) is 4.79 Å². The second-order valence-electron chi connectivity index (χ2n) is 10.1. The van der Waals surface area contributed by atoms with E-state index in [-0.39, 0.29) is 19.0 Å². The fraction of sp³-hybridized carbons (Fsp3) is 0.552. The topological polar surface area (TPSA) is 90.9 Å². The van der Waals surface area contributed by atoms with Crippen molar-refractivity contribution in [3.63, 3.8) is 0 Å². The Bertz CT molecular complexity index is 983. The predicted molar refractivity (Wildman–Crippen MR) is 135 cm³/mol. The molecule has 3 aliphatic rings. The highest BCUT2D eigenvalue weighted by Gasteiger charge is 2.65. The molecule has 3 fully saturated rings. The van der Waals surface area contributed by atoms with Gasteiger partial charge < -0.3 is 37.9 Å². The van der Waals surface area contributed by atoms with Crippen molar-refractivity contribution in [3.05, 3.63) is 71.8 Å². The molecule has 9 heteroatoms. The van der Waals surface area contributed by atoms with E-state index in [0.29, 0.717) is 13.2 Å². The van der Waals surface area contributed by atoms with E-state index in [0.717, 1.165) is 11.1 Å². The first-order chi connectivity index (χ1) is 18.4. The molecular formula is C29H36O9. The van der Waals surface area contributed by atoms with Crippen molar-refractivity contribution in [3.8, 4) is 0 Å². The van der Waals surface area contributed by atoms with Crippen molar-refractivity contribution in [2.45, 2.75) is 75.3 Å². The lowest BCUT2D eigenvalue weighted by Gasteiger charge is -2.58. The van der Waals surface area contributed by atoms with Crippen molar-refractivity contribution < 1.29 is 42.7 Å². The Balaban J connectivity index is 1.51. The average Bonchev–Trinajstić information content (AvgIpc) is 3.14. The van der Waals surface area contributed by atoms with Gasteiger partial charge in [-0.2, -0.15) is 0 Å². The van der Waals surface area contributed by atoms with Crippen LogP contribution in [0.15, 0.2) is 60.7 Å². The van der Waals surface area contributed by atoms with Crippen LogP contribution >= 0.6 is 0 Å². The molecule has 0 radical (unpaired) electrons. The fourth-order valence-corrected chi connectivity index (χ4v) is 5.30. The zero-order valence-corrected chi connectivity index (χ0v) is 22.2. The number of rotatable bonds is 8. The highest BCUT2D eigenvalue weighted by Crippen LogP contribution is 2.46. The Hall–Kier alpha value is -2.21. The summed E-state index contributed by atoms with van der Waals surface area (Å²) in [5.74, 6) is -2.69. The number of hydrogen-bond acceptors (Lipinski definition) is 9. The van der Waals surface area contributed by atoms with Crippen LogP contribution in [0.3, 0.4) is 0 Å². The van der Waals surface area contributed by atoms with E-state index >= 15 is 0 Å². The third kappa shape index (κ3) is 5.30. The first kappa shape index (κ1) is 27.4. The van der Waals surface area contributed by atoms with Crippen LogP contribution in [-0.2, 0) is 55.9 Å². The van der Waals surface area contributed by atoms with Gasteiger partial charge in [-0.25, -0.2) is 0 Å². The van der Waals surface area contributed by atoms with Gasteiger partial charge in [0.05, 0.1) is 13.2 Å². The van der Waals surface area contributed by atoms with Crippen LogP contribution in [0.1, 0.15) is 25.0 Å². The molecule has 9 nitrogen and oxygen atoms in total. The second kappa shape index (κ2) is 11.5. The van der Waals surface area contributed by atoms with E-state index in [1.807, 2.05) is 60.7 Å². The molecule has 1 aliphatic carbocycles. The minimum atomic E-state index is -1.27. The Morgan fingerprint density at radius 3 is 1.45 bits per heavy atom. The minimum absolute atomic E-state index is 0.0899. The SMILES string of the molecule is CO[C@@]1(C)O[C@@H]2[C@@H](OCc3ccccc3)[C@@H]3OCC(=O)CO[C@@H]3[C@H](OCc3ccccc3)[C@H]2O[C@]1(C)OC. The monoisotopic (exact) mass is 528 g/mol. The number of ketones is 1. The summed E-state index contributed by atoms with van der Waals surface area (Å²) in [5.41, 5.74) is 1.98. The van der Waals surface area contributed by atoms with Crippen LogP contribution in [0.5, 0.6) is 0 Å². The molecule has 0 N–H and O–H groups in total. The maximum Gasteiger partial charge on any atom is 0.220 e. The van der Waals surface area contributed by atoms with Crippen molar-refractivity contribution in [1.29, 1.82) is 0 Å². The summed E-state index contributed by atoms with van der Waals surface area (Å²) in [6, 6.07) is 19.6. The van der Waals surface area contributed by atoms with Crippen molar-refractivity contribution in [2.24, 2.45) is 0 Å². The van der Waals surface area contributed by atoms with Gasteiger partial charge in [0.1, 0.15) is 49.8 Å². The Labute approximate surface area is 223 Å². The normalized spacial score (nSPS) is 37.2. The molecule has 0 unspecified atom stereocenters. The number of carbonyl (C=O) groups excluding carboxylic acids is 1. The van der Waals surface area contributed by atoms with Gasteiger partial charge in [0.15, 0.2) is 5.78 Å². The van der Waals surface area contributed by atoms with Crippen molar-refractivity contribution in [1.82, 2.24) is 0 Å². The molecule has 2 aromatic carbocycles. The quantitative estimate of drug-likeness (QED) is 0.513. The third-order valence-electron chi connectivity index (χ3n) is 7.71. The second-order valence-corrected chi connectivity index (χ2v) is 10.1. The lowest BCUT2D eigenvalue weighted by Crippen LogP contribution is -2.75. The van der Waals surface area contributed by atoms with E-state index in [4.69, 9.17) is 37.9 Å². The summed E-state index contributed by atoms with van der Waals surface area (Å²) in [6.07, 6.45) is -3.95. The van der Waals surface area contributed by atoms with Crippen LogP contribution in [-0.4, -0.2) is 81.4 Å². The molecular weight excluding hydrogens is 492 g/mol. The molecule has 0 bridgehead atoms. The van der Waals surface area contributed by atoms with Crippen molar-refractivity contribution in [2.75, 3.05) is 27.4 Å². The summed E-state index contributed by atoms with van der Waals surface area (Å²) in [4.78, 5) is 12.4. The van der Waals surface area contributed by atoms with Gasteiger partial charge in [-0.3, -0.25) is 4.79 Å². The zero-order valence-electron chi connectivity index (χ0n) is 22.2. The van der Waals surface area contributed by atoms with E-state index in [1.54, 1.807) is 28.1 Å². The van der Waals surface area contributed by atoms with Crippen LogP contribution < -0.4 is 0 Å². The molecule has 2 saturated heterocycles. The summed E-state index contributed by atoms with van der Waals surface area (Å²) in [6.45, 7) is 3.96. The van der Waals surface area contributed by atoms with Gasteiger partial charge in [0, 0.05) is 14.2 Å². The lowest BCUT2D eigenvalue weighted by atomic mass is 9.82. The van der Waals surface area contributed by atoms with Crippen LogP contribution in [0, 0.1) is 0 Å². The van der Waals surface area contributed by atoms with Crippen LogP contribution in [0.4, 0.5) is 0 Å². The summed E-state index contributed by atoms with van der Waals surface area (Å²) >= 11 is 0. The van der Waals surface area contributed by atoms with E-state index < -0.39 is 48.2 Å². The first-order valence-electron chi connectivity index (χ1n) is 12.9. The molecule has 0 amide bonds. The summed E-state index contributed by atoms with van der Waals surface area (Å²) < 4.78 is 50.1. The number of hydrogen-bond donors (Lipinski definition) is 0. The van der Waals surface area contributed by atoms with Gasteiger partial charge in [-0.1, -0.05) is 60.7 Å². The number of benzene rings is 2. The van der Waals surface area contributed by atoms with Crippen LogP contribution in [0.25, 0.3) is 0 Å². The highest BCUT2D eigenvalue weighted by molar-refractivity contribution is 5.81. The molecule has 2 aromatic rings. The Morgan fingerprint density at radius 1 is 0.684 bits per heavy atom. The standard InChI is InChI=1S/C29H36O9/c1-28(31-3)29(2,32-4)38-27-25(34-16-20-13-9-6-10-14-20)23-22(35-17-21(30)18-36-23)24(26(27)37-28)33-15-19-11-7-5-8-12-19/h5-14,22-27H,15-18H2,1-4H3/t22-,23+,24-,25-,26+,27+,28-,29-/m0/s1. The molecule has 2 heterocycles. The Kier molecular flexibility index (Phi) is 8.27. The van der Waals surface area contributed by atoms with E-state index in [2.05, 4.69) is 0 Å². The summed E-state index contributed by atoms with van der Waals surface area (Å²) in [7, 11) is 3.08. The number of ether oxygens (including phenoxy) is 8. The molecule has 0 aromatic heterocycles. The largest absolute Gasteiger partial charge is 0.368 e. The summed E-state index contributed by atoms with van der Waals surface area (Å²) in [5, 5.41) is 0. The molecule has 38 heavy (non-hydrogen) atoms. The van der Waals surface area contributed by atoms with Crippen molar-refractivity contribution >= 4 is 5.78 Å². The predicted octanol–water partition coefficient (Wildman–Crippen LogP) is 3.03.